The summed E-state index contributed by atoms with van der Waals surface area (Å²) in [6.07, 6.45) is 1.44. The molecule has 8 heteroatoms. The number of hydrogen-bond donors (Lipinski definition) is 1. The molecule has 0 aliphatic heterocycles. The molecule has 0 aliphatic carbocycles. The molecule has 0 heterocycles. The molecule has 1 N–H and O–H groups in total. The van der Waals surface area contributed by atoms with Crippen LogP contribution in [0.3, 0.4) is 0 Å². The van der Waals surface area contributed by atoms with E-state index in [1.807, 2.05) is 6.92 Å². The Morgan fingerprint density at radius 2 is 1.93 bits per heavy atom. The molecule has 0 saturated carbocycles. The molecular weight excluding hydrogens is 383 g/mol. The summed E-state index contributed by atoms with van der Waals surface area (Å²) in [6.45, 7) is 6.03. The number of carbonyl (C=O) groups is 1. The van der Waals surface area contributed by atoms with Gasteiger partial charge in [-0.1, -0.05) is 12.1 Å². The quantitative estimate of drug-likeness (QED) is 0.650. The molecule has 0 fully saturated rings. The van der Waals surface area contributed by atoms with Crippen LogP contribution in [0.4, 0.5) is 4.39 Å². The fraction of sp³-hybridized carbons (Fsp3) is 0.250. The van der Waals surface area contributed by atoms with E-state index >= 15 is 0 Å². The summed E-state index contributed by atoms with van der Waals surface area (Å²) in [5.41, 5.74) is 0.972. The average molecular weight is 406 g/mol. The maximum absolute atomic E-state index is 13.9. The van der Waals surface area contributed by atoms with Crippen LogP contribution in [-0.4, -0.2) is 39.4 Å². The van der Waals surface area contributed by atoms with Gasteiger partial charge in [-0.2, -0.15) is 0 Å². The molecule has 2 aromatic carbocycles. The number of hydrogen-bond acceptors (Lipinski definition) is 4. The van der Waals surface area contributed by atoms with Crippen LogP contribution in [0.15, 0.2) is 60.0 Å². The van der Waals surface area contributed by atoms with Crippen LogP contribution in [-0.2, 0) is 16.6 Å². The minimum atomic E-state index is -3.65. The summed E-state index contributed by atoms with van der Waals surface area (Å²) in [7, 11) is -2.26. The molecule has 0 atom stereocenters. The second-order valence-corrected chi connectivity index (χ2v) is 7.72. The Labute approximate surface area is 164 Å². The van der Waals surface area contributed by atoms with Crippen molar-refractivity contribution in [2.45, 2.75) is 18.4 Å². The standard InChI is InChI=1S/C20H23FN2O4S/c1-4-12-22-28(25,26)17-9-7-16(8-10-17)20(24)23(5-2)14-15-6-11-19(27-3)18(21)13-15/h4,6-11,13,22H,1,5,12,14H2,2-3H3. The molecule has 0 saturated heterocycles. The molecule has 0 aromatic heterocycles. The Morgan fingerprint density at radius 3 is 2.46 bits per heavy atom. The van der Waals surface area contributed by atoms with Crippen LogP contribution in [0.25, 0.3) is 0 Å². The summed E-state index contributed by atoms with van der Waals surface area (Å²) in [5.74, 6) is -0.633. The number of carbonyl (C=O) groups excluding carboxylic acids is 1. The summed E-state index contributed by atoms with van der Waals surface area (Å²) < 4.78 is 45.3. The van der Waals surface area contributed by atoms with Crippen molar-refractivity contribution < 1.29 is 22.3 Å². The van der Waals surface area contributed by atoms with Gasteiger partial charge in [0, 0.05) is 25.2 Å². The first-order valence-electron chi connectivity index (χ1n) is 8.64. The highest BCUT2D eigenvalue weighted by Crippen LogP contribution is 2.20. The van der Waals surface area contributed by atoms with E-state index < -0.39 is 15.8 Å². The fourth-order valence-electron chi connectivity index (χ4n) is 2.57. The number of rotatable bonds is 9. The van der Waals surface area contributed by atoms with Crippen molar-refractivity contribution in [3.63, 3.8) is 0 Å². The molecule has 2 aromatic rings. The lowest BCUT2D eigenvalue weighted by Crippen LogP contribution is -2.30. The first kappa shape index (κ1) is 21.6. The molecular formula is C20H23FN2O4S. The highest BCUT2D eigenvalue weighted by atomic mass is 32.2. The normalized spacial score (nSPS) is 11.1. The lowest BCUT2D eigenvalue weighted by atomic mass is 10.1. The molecule has 2 rings (SSSR count). The van der Waals surface area contributed by atoms with Crippen LogP contribution in [0.2, 0.25) is 0 Å². The van der Waals surface area contributed by atoms with Gasteiger partial charge in [-0.15, -0.1) is 6.58 Å². The Kier molecular flexibility index (Phi) is 7.31. The van der Waals surface area contributed by atoms with Crippen molar-refractivity contribution in [3.8, 4) is 5.75 Å². The number of nitrogens with zero attached hydrogens (tertiary/aromatic N) is 1. The van der Waals surface area contributed by atoms with Gasteiger partial charge in [0.15, 0.2) is 11.6 Å². The maximum Gasteiger partial charge on any atom is 0.254 e. The largest absolute Gasteiger partial charge is 0.494 e. The molecule has 28 heavy (non-hydrogen) atoms. The molecule has 0 spiro atoms. The number of ether oxygens (including phenoxy) is 1. The number of methoxy groups -OCH3 is 1. The van der Waals surface area contributed by atoms with E-state index in [4.69, 9.17) is 4.74 Å². The molecule has 1 amide bonds. The first-order chi connectivity index (χ1) is 13.3. The van der Waals surface area contributed by atoms with Crippen LogP contribution in [0.5, 0.6) is 5.75 Å². The van der Waals surface area contributed by atoms with Crippen LogP contribution in [0.1, 0.15) is 22.8 Å². The minimum absolute atomic E-state index is 0.0613. The number of nitrogens with one attached hydrogen (secondary N) is 1. The van der Waals surface area contributed by atoms with Gasteiger partial charge in [-0.25, -0.2) is 17.5 Å². The van der Waals surface area contributed by atoms with Crippen molar-refractivity contribution in [2.24, 2.45) is 0 Å². The predicted octanol–water partition coefficient (Wildman–Crippen LogP) is 2.96. The van der Waals surface area contributed by atoms with Gasteiger partial charge in [0.1, 0.15) is 0 Å². The predicted molar refractivity (Wildman–Crippen MR) is 105 cm³/mol. The van der Waals surface area contributed by atoms with E-state index in [2.05, 4.69) is 11.3 Å². The lowest BCUT2D eigenvalue weighted by Gasteiger charge is -2.21. The number of benzene rings is 2. The molecule has 0 bridgehead atoms. The Balaban J connectivity index is 2.16. The minimum Gasteiger partial charge on any atom is -0.494 e. The lowest BCUT2D eigenvalue weighted by molar-refractivity contribution is 0.0752. The van der Waals surface area contributed by atoms with E-state index in [-0.39, 0.29) is 29.6 Å². The third kappa shape index (κ3) is 5.17. The molecule has 6 nitrogen and oxygen atoms in total. The third-order valence-corrected chi connectivity index (χ3v) is 5.53. The number of halogens is 1. The van der Waals surface area contributed by atoms with E-state index in [0.717, 1.165) is 0 Å². The van der Waals surface area contributed by atoms with E-state index in [0.29, 0.717) is 17.7 Å². The van der Waals surface area contributed by atoms with Gasteiger partial charge in [0.2, 0.25) is 10.0 Å². The smallest absolute Gasteiger partial charge is 0.254 e. The molecule has 150 valence electrons. The first-order valence-corrected chi connectivity index (χ1v) is 10.1. The van der Waals surface area contributed by atoms with Crippen molar-refractivity contribution in [2.75, 3.05) is 20.2 Å². The highest BCUT2D eigenvalue weighted by Gasteiger charge is 2.18. The number of amides is 1. The Morgan fingerprint density at radius 1 is 1.25 bits per heavy atom. The summed E-state index contributed by atoms with van der Waals surface area (Å²) in [6, 6.07) is 10.2. The summed E-state index contributed by atoms with van der Waals surface area (Å²) >= 11 is 0. The van der Waals surface area contributed by atoms with E-state index in [1.165, 1.54) is 49.6 Å². The zero-order valence-corrected chi connectivity index (χ0v) is 16.6. The summed E-state index contributed by atoms with van der Waals surface area (Å²) in [4.78, 5) is 14.4. The van der Waals surface area contributed by atoms with Gasteiger partial charge in [0.25, 0.3) is 5.91 Å². The van der Waals surface area contributed by atoms with Crippen LogP contribution >= 0.6 is 0 Å². The monoisotopic (exact) mass is 406 g/mol. The average Bonchev–Trinajstić information content (AvgIpc) is 2.70. The van der Waals surface area contributed by atoms with Gasteiger partial charge in [-0.3, -0.25) is 4.79 Å². The van der Waals surface area contributed by atoms with Gasteiger partial charge < -0.3 is 9.64 Å². The second kappa shape index (κ2) is 9.48. The number of sulfonamides is 1. The SMILES string of the molecule is C=CCNS(=O)(=O)c1ccc(C(=O)N(CC)Cc2ccc(OC)c(F)c2)cc1. The van der Waals surface area contributed by atoms with Crippen molar-refractivity contribution in [1.29, 1.82) is 0 Å². The Hall–Kier alpha value is -2.71. The van der Waals surface area contributed by atoms with E-state index in [1.54, 1.807) is 11.0 Å². The van der Waals surface area contributed by atoms with Gasteiger partial charge in [-0.05, 0) is 48.9 Å². The Bertz CT molecular complexity index is 943. The zero-order valence-electron chi connectivity index (χ0n) is 15.8. The topological polar surface area (TPSA) is 75.7 Å². The summed E-state index contributed by atoms with van der Waals surface area (Å²) in [5, 5.41) is 0. The zero-order chi connectivity index (χ0) is 20.7. The van der Waals surface area contributed by atoms with Crippen LogP contribution < -0.4 is 9.46 Å². The van der Waals surface area contributed by atoms with Crippen molar-refractivity contribution in [3.05, 3.63) is 72.1 Å². The van der Waals surface area contributed by atoms with E-state index in [9.17, 15) is 17.6 Å². The van der Waals surface area contributed by atoms with Gasteiger partial charge in [0.05, 0.1) is 12.0 Å². The van der Waals surface area contributed by atoms with Crippen LogP contribution in [0, 0.1) is 5.82 Å². The van der Waals surface area contributed by atoms with Crippen molar-refractivity contribution >= 4 is 15.9 Å². The maximum atomic E-state index is 13.9. The third-order valence-electron chi connectivity index (χ3n) is 4.09. The molecule has 0 radical (unpaired) electrons. The second-order valence-electron chi connectivity index (χ2n) is 5.95. The molecule has 0 aliphatic rings. The van der Waals surface area contributed by atoms with Crippen molar-refractivity contribution in [1.82, 2.24) is 9.62 Å². The van der Waals surface area contributed by atoms with Gasteiger partial charge >= 0.3 is 0 Å². The molecule has 0 unspecified atom stereocenters. The highest BCUT2D eigenvalue weighted by molar-refractivity contribution is 7.89. The fourth-order valence-corrected chi connectivity index (χ4v) is 3.57.